The van der Waals surface area contributed by atoms with Gasteiger partial charge in [-0.15, -0.1) is 0 Å². The van der Waals surface area contributed by atoms with E-state index in [1.54, 1.807) is 0 Å². The largest absolute Gasteiger partial charge is 0.465 e. The molecule has 0 rings (SSSR count). The molecule has 0 aromatic carbocycles. The highest BCUT2D eigenvalue weighted by Crippen LogP contribution is 2.32. The third kappa shape index (κ3) is 24.9. The molecule has 0 heterocycles. The van der Waals surface area contributed by atoms with Gasteiger partial charge in [-0.05, 0) is 32.6 Å². The first-order chi connectivity index (χ1) is 19.0. The van der Waals surface area contributed by atoms with E-state index in [1.165, 1.54) is 167 Å². The van der Waals surface area contributed by atoms with Gasteiger partial charge in [0.25, 0.3) is 0 Å². The topological polar surface area (TPSA) is 26.3 Å². The molecule has 0 fully saturated rings. The molecule has 39 heavy (non-hydrogen) atoms. The Labute approximate surface area is 247 Å². The highest BCUT2D eigenvalue weighted by Gasteiger charge is 2.34. The summed E-state index contributed by atoms with van der Waals surface area (Å²) in [5.41, 5.74) is -0.368. The molecule has 2 nitrogen and oxygen atoms in total. The highest BCUT2D eigenvalue weighted by molar-refractivity contribution is 5.76. The van der Waals surface area contributed by atoms with Gasteiger partial charge in [0, 0.05) is 0 Å². The van der Waals surface area contributed by atoms with Crippen molar-refractivity contribution in [2.24, 2.45) is 11.3 Å². The molecule has 0 N–H and O–H groups in total. The van der Waals surface area contributed by atoms with E-state index in [0.717, 1.165) is 12.8 Å². The van der Waals surface area contributed by atoms with Gasteiger partial charge < -0.3 is 4.74 Å². The molecule has 0 spiro atoms. The van der Waals surface area contributed by atoms with Gasteiger partial charge in [-0.25, -0.2) is 0 Å². The van der Waals surface area contributed by atoms with Gasteiger partial charge in [-0.3, -0.25) is 4.79 Å². The standard InChI is InChI=1S/C37H74O2/c1-6-8-10-12-14-16-18-20-22-24-26-28-30-32-34-39-36(38)37(4,5)35(3)33-31-29-27-25-23-21-19-17-15-13-11-9-7-2/h35H,6-34H2,1-5H3. The minimum absolute atomic E-state index is 0.0133. The molecule has 0 aromatic rings. The number of rotatable bonds is 31. The lowest BCUT2D eigenvalue weighted by atomic mass is 9.77. The Hall–Kier alpha value is -0.530. The van der Waals surface area contributed by atoms with Crippen molar-refractivity contribution in [2.75, 3.05) is 6.61 Å². The van der Waals surface area contributed by atoms with E-state index in [2.05, 4.69) is 34.6 Å². The third-order valence-corrected chi connectivity index (χ3v) is 9.23. The van der Waals surface area contributed by atoms with E-state index < -0.39 is 0 Å². The number of esters is 1. The molecule has 0 aromatic heterocycles. The summed E-state index contributed by atoms with van der Waals surface area (Å²) in [7, 11) is 0. The summed E-state index contributed by atoms with van der Waals surface area (Å²) in [6, 6.07) is 0. The second-order valence-electron chi connectivity index (χ2n) is 13.4. The quantitative estimate of drug-likeness (QED) is 0.0633. The minimum Gasteiger partial charge on any atom is -0.465 e. The van der Waals surface area contributed by atoms with Crippen molar-refractivity contribution in [3.05, 3.63) is 0 Å². The maximum Gasteiger partial charge on any atom is 0.311 e. The Bertz CT molecular complexity index is 498. The molecule has 0 aliphatic carbocycles. The highest BCUT2D eigenvalue weighted by atomic mass is 16.5. The summed E-state index contributed by atoms with van der Waals surface area (Å²) >= 11 is 0. The Morgan fingerprint density at radius 2 is 0.769 bits per heavy atom. The number of unbranched alkanes of at least 4 members (excludes halogenated alkanes) is 25. The maximum atomic E-state index is 12.8. The lowest BCUT2D eigenvalue weighted by molar-refractivity contribution is -0.157. The van der Waals surface area contributed by atoms with Gasteiger partial charge >= 0.3 is 5.97 Å². The third-order valence-electron chi connectivity index (χ3n) is 9.23. The van der Waals surface area contributed by atoms with Crippen LogP contribution in [0.2, 0.25) is 0 Å². The molecule has 0 saturated heterocycles. The summed E-state index contributed by atoms with van der Waals surface area (Å²) in [4.78, 5) is 12.8. The van der Waals surface area contributed by atoms with Crippen LogP contribution in [0.5, 0.6) is 0 Å². The summed E-state index contributed by atoms with van der Waals surface area (Å²) in [5.74, 6) is 0.397. The Morgan fingerprint density at radius 3 is 1.10 bits per heavy atom. The number of hydrogen-bond acceptors (Lipinski definition) is 2. The molecule has 0 aliphatic rings. The summed E-state index contributed by atoms with van der Waals surface area (Å²) in [6.07, 6.45) is 38.1. The van der Waals surface area contributed by atoms with E-state index in [-0.39, 0.29) is 11.4 Å². The van der Waals surface area contributed by atoms with Crippen LogP contribution in [0.15, 0.2) is 0 Å². The zero-order valence-corrected chi connectivity index (χ0v) is 27.9. The van der Waals surface area contributed by atoms with Crippen molar-refractivity contribution < 1.29 is 9.53 Å². The number of hydrogen-bond donors (Lipinski definition) is 0. The summed E-state index contributed by atoms with van der Waals surface area (Å²) in [6.45, 7) is 11.6. The van der Waals surface area contributed by atoms with E-state index in [9.17, 15) is 4.79 Å². The Morgan fingerprint density at radius 1 is 0.487 bits per heavy atom. The fourth-order valence-corrected chi connectivity index (χ4v) is 5.68. The van der Waals surface area contributed by atoms with Crippen molar-refractivity contribution >= 4 is 5.97 Å². The monoisotopic (exact) mass is 551 g/mol. The smallest absolute Gasteiger partial charge is 0.311 e. The zero-order valence-electron chi connectivity index (χ0n) is 27.9. The van der Waals surface area contributed by atoms with Crippen LogP contribution in [0, 0.1) is 11.3 Å². The molecule has 1 atom stereocenters. The minimum atomic E-state index is -0.368. The molecule has 2 heteroatoms. The molecular weight excluding hydrogens is 476 g/mol. The lowest BCUT2D eigenvalue weighted by Gasteiger charge is -2.29. The van der Waals surface area contributed by atoms with Gasteiger partial charge in [-0.1, -0.05) is 188 Å². The van der Waals surface area contributed by atoms with Crippen LogP contribution in [-0.2, 0) is 9.53 Å². The second kappa shape index (κ2) is 29.0. The van der Waals surface area contributed by atoms with Gasteiger partial charge in [0.05, 0.1) is 12.0 Å². The van der Waals surface area contributed by atoms with Gasteiger partial charge in [0.2, 0.25) is 0 Å². The predicted molar refractivity (Wildman–Crippen MR) is 175 cm³/mol. The Balaban J connectivity index is 3.56. The molecule has 0 bridgehead atoms. The normalized spacial score (nSPS) is 12.6. The fourth-order valence-electron chi connectivity index (χ4n) is 5.68. The van der Waals surface area contributed by atoms with Crippen molar-refractivity contribution in [2.45, 2.75) is 214 Å². The first-order valence-corrected chi connectivity index (χ1v) is 18.1. The van der Waals surface area contributed by atoms with E-state index in [1.807, 2.05) is 0 Å². The first kappa shape index (κ1) is 38.5. The average Bonchev–Trinajstić information content (AvgIpc) is 2.93. The molecule has 0 amide bonds. The lowest BCUT2D eigenvalue weighted by Crippen LogP contribution is -2.33. The van der Waals surface area contributed by atoms with Crippen molar-refractivity contribution in [1.29, 1.82) is 0 Å². The van der Waals surface area contributed by atoms with Crippen LogP contribution in [0.3, 0.4) is 0 Å². The molecule has 0 aliphatic heterocycles. The van der Waals surface area contributed by atoms with Crippen molar-refractivity contribution in [1.82, 2.24) is 0 Å². The predicted octanol–water partition coefficient (Wildman–Crippen LogP) is 13.2. The summed E-state index contributed by atoms with van der Waals surface area (Å²) < 4.78 is 5.71. The fraction of sp³-hybridized carbons (Fsp3) is 0.973. The van der Waals surface area contributed by atoms with Crippen LogP contribution >= 0.6 is 0 Å². The van der Waals surface area contributed by atoms with Crippen LogP contribution in [0.1, 0.15) is 214 Å². The van der Waals surface area contributed by atoms with E-state index in [0.29, 0.717) is 12.5 Å². The second-order valence-corrected chi connectivity index (χ2v) is 13.4. The maximum absolute atomic E-state index is 12.8. The number of carbonyl (C=O) groups excluding carboxylic acids is 1. The average molecular weight is 551 g/mol. The molecular formula is C37H74O2. The van der Waals surface area contributed by atoms with Gasteiger partial charge in [0.15, 0.2) is 0 Å². The first-order valence-electron chi connectivity index (χ1n) is 18.1. The summed E-state index contributed by atoms with van der Waals surface area (Å²) in [5, 5.41) is 0. The molecule has 1 unspecified atom stereocenters. The van der Waals surface area contributed by atoms with Gasteiger partial charge in [-0.2, -0.15) is 0 Å². The van der Waals surface area contributed by atoms with Crippen molar-refractivity contribution in [3.63, 3.8) is 0 Å². The van der Waals surface area contributed by atoms with Crippen LogP contribution in [0.25, 0.3) is 0 Å². The number of ether oxygens (including phenoxy) is 1. The zero-order chi connectivity index (χ0) is 28.9. The van der Waals surface area contributed by atoms with E-state index in [4.69, 9.17) is 4.74 Å². The molecule has 0 radical (unpaired) electrons. The van der Waals surface area contributed by atoms with Crippen LogP contribution in [-0.4, -0.2) is 12.6 Å². The van der Waals surface area contributed by atoms with E-state index >= 15 is 0 Å². The Kier molecular flexibility index (Phi) is 28.6. The molecule has 0 saturated carbocycles. The van der Waals surface area contributed by atoms with Gasteiger partial charge in [0.1, 0.15) is 0 Å². The van der Waals surface area contributed by atoms with Crippen molar-refractivity contribution in [3.8, 4) is 0 Å². The number of carbonyl (C=O) groups is 1. The SMILES string of the molecule is CCCCCCCCCCCCCCCCOC(=O)C(C)(C)C(C)CCCCCCCCCCCCCCC. The van der Waals surface area contributed by atoms with Crippen LogP contribution < -0.4 is 0 Å². The van der Waals surface area contributed by atoms with Crippen LogP contribution in [0.4, 0.5) is 0 Å². The molecule has 234 valence electrons.